The van der Waals surface area contributed by atoms with Gasteiger partial charge in [-0.2, -0.15) is 10.4 Å². The number of anilines is 1. The first kappa shape index (κ1) is 13.6. The summed E-state index contributed by atoms with van der Waals surface area (Å²) in [7, 11) is 0. The van der Waals surface area contributed by atoms with Crippen molar-refractivity contribution in [1.29, 1.82) is 5.26 Å². The largest absolute Gasteiger partial charge is 0.362 e. The molecule has 1 N–H and O–H groups in total. The molecule has 1 aromatic carbocycles. The van der Waals surface area contributed by atoms with Gasteiger partial charge >= 0.3 is 0 Å². The quantitative estimate of drug-likeness (QED) is 0.921. The van der Waals surface area contributed by atoms with Gasteiger partial charge < -0.3 is 5.32 Å². The number of halogens is 2. The van der Waals surface area contributed by atoms with E-state index in [0.29, 0.717) is 5.82 Å². The molecule has 21 heavy (non-hydrogen) atoms. The minimum atomic E-state index is -2.52. The zero-order valence-electron chi connectivity index (χ0n) is 11.4. The topological polar surface area (TPSA) is 53.6 Å². The number of hydrogen-bond acceptors (Lipinski definition) is 3. The highest BCUT2D eigenvalue weighted by molar-refractivity contribution is 5.54. The lowest BCUT2D eigenvalue weighted by Crippen LogP contribution is -2.31. The van der Waals surface area contributed by atoms with Crippen LogP contribution in [-0.2, 0) is 0 Å². The summed E-state index contributed by atoms with van der Waals surface area (Å²) in [6, 6.07) is 8.47. The number of rotatable bonds is 2. The first-order valence-electron chi connectivity index (χ1n) is 6.69. The lowest BCUT2D eigenvalue weighted by Gasteiger charge is -2.32. The molecule has 1 aliphatic heterocycles. The Bertz CT molecular complexity index is 685. The van der Waals surface area contributed by atoms with Gasteiger partial charge in [0.05, 0.1) is 12.2 Å². The molecule has 0 fully saturated rings. The van der Waals surface area contributed by atoms with Crippen molar-refractivity contribution in [3.8, 4) is 6.07 Å². The Morgan fingerprint density at radius 1 is 1.38 bits per heavy atom. The number of hydrogen-bond donors (Lipinski definition) is 1. The maximum absolute atomic E-state index is 13.3. The van der Waals surface area contributed by atoms with Crippen molar-refractivity contribution in [2.75, 3.05) is 5.32 Å². The van der Waals surface area contributed by atoms with Crippen LogP contribution in [0.15, 0.2) is 30.5 Å². The summed E-state index contributed by atoms with van der Waals surface area (Å²) in [6.45, 7) is 1.98. The fraction of sp³-hybridized carbons (Fsp3) is 0.333. The summed E-state index contributed by atoms with van der Waals surface area (Å²) >= 11 is 0. The first-order valence-corrected chi connectivity index (χ1v) is 6.69. The summed E-state index contributed by atoms with van der Waals surface area (Å²) < 4.78 is 27.8. The van der Waals surface area contributed by atoms with Crippen LogP contribution in [0.3, 0.4) is 0 Å². The zero-order chi connectivity index (χ0) is 15.0. The van der Waals surface area contributed by atoms with Crippen LogP contribution >= 0.6 is 0 Å². The van der Waals surface area contributed by atoms with Crippen molar-refractivity contribution in [3.63, 3.8) is 0 Å². The van der Waals surface area contributed by atoms with Gasteiger partial charge in [-0.1, -0.05) is 29.8 Å². The second kappa shape index (κ2) is 5.17. The molecule has 2 atom stereocenters. The number of benzene rings is 1. The number of fused-ring (bicyclic) bond motifs is 1. The maximum atomic E-state index is 13.3. The summed E-state index contributed by atoms with van der Waals surface area (Å²) in [5.41, 5.74) is 2.34. The third kappa shape index (κ3) is 2.35. The number of nitriles is 1. The van der Waals surface area contributed by atoms with Gasteiger partial charge in [-0.25, -0.2) is 13.5 Å². The van der Waals surface area contributed by atoms with E-state index in [1.807, 2.05) is 37.3 Å². The van der Waals surface area contributed by atoms with Gasteiger partial charge in [0.25, 0.3) is 6.43 Å². The van der Waals surface area contributed by atoms with Crippen LogP contribution in [-0.4, -0.2) is 16.2 Å². The monoisotopic (exact) mass is 288 g/mol. The van der Waals surface area contributed by atoms with Crippen molar-refractivity contribution in [1.82, 2.24) is 9.78 Å². The molecule has 0 unspecified atom stereocenters. The predicted octanol–water partition coefficient (Wildman–Crippen LogP) is 3.43. The summed E-state index contributed by atoms with van der Waals surface area (Å²) in [5, 5.41) is 16.2. The second-order valence-corrected chi connectivity index (χ2v) is 5.21. The molecule has 2 heterocycles. The van der Waals surface area contributed by atoms with Crippen LogP contribution in [0.2, 0.25) is 0 Å². The fourth-order valence-electron chi connectivity index (χ4n) is 2.63. The highest BCUT2D eigenvalue weighted by Crippen LogP contribution is 2.39. The van der Waals surface area contributed by atoms with Gasteiger partial charge in [0.15, 0.2) is 0 Å². The fourth-order valence-corrected chi connectivity index (χ4v) is 2.63. The van der Waals surface area contributed by atoms with E-state index < -0.39 is 12.5 Å². The molecule has 6 heteroatoms. The van der Waals surface area contributed by atoms with E-state index in [4.69, 9.17) is 5.26 Å². The van der Waals surface area contributed by atoms with Gasteiger partial charge in [-0.3, -0.25) is 0 Å². The van der Waals surface area contributed by atoms with Crippen LogP contribution in [0.1, 0.15) is 35.2 Å². The normalized spacial score (nSPS) is 20.7. The summed E-state index contributed by atoms with van der Waals surface area (Å²) in [4.78, 5) is 0. The number of aromatic nitrogens is 2. The average molecular weight is 288 g/mol. The van der Waals surface area contributed by atoms with Crippen LogP contribution in [0.5, 0.6) is 0 Å². The number of nitrogens with one attached hydrogen (secondary N) is 1. The highest BCUT2D eigenvalue weighted by Gasteiger charge is 2.35. The Balaban J connectivity index is 2.00. The molecular formula is C15H14F2N4. The minimum absolute atomic E-state index is 0.236. The third-order valence-electron chi connectivity index (χ3n) is 3.79. The van der Waals surface area contributed by atoms with E-state index in [-0.39, 0.29) is 18.0 Å². The molecule has 1 aromatic heterocycles. The van der Waals surface area contributed by atoms with Crippen LogP contribution in [0.4, 0.5) is 14.6 Å². The zero-order valence-corrected chi connectivity index (χ0v) is 11.4. The number of alkyl halides is 2. The van der Waals surface area contributed by atoms with Crippen molar-refractivity contribution >= 4 is 5.82 Å². The Morgan fingerprint density at radius 2 is 2.10 bits per heavy atom. The lowest BCUT2D eigenvalue weighted by molar-refractivity contribution is 0.0658. The molecule has 0 aliphatic carbocycles. The molecule has 0 saturated carbocycles. The van der Waals surface area contributed by atoms with E-state index in [1.54, 1.807) is 0 Å². The first-order chi connectivity index (χ1) is 10.1. The molecular weight excluding hydrogens is 274 g/mol. The molecule has 2 aromatic rings. The van der Waals surface area contributed by atoms with Crippen LogP contribution in [0, 0.1) is 18.3 Å². The number of nitrogens with zero attached hydrogens (tertiary/aromatic N) is 3. The maximum Gasteiger partial charge on any atom is 0.260 e. The Morgan fingerprint density at radius 3 is 2.71 bits per heavy atom. The average Bonchev–Trinajstić information content (AvgIpc) is 2.89. The SMILES string of the molecule is Cc1ccc([C@@H]2C[C@@H](C(F)F)n3ncc(C#N)c3N2)cc1. The Labute approximate surface area is 121 Å². The van der Waals surface area contributed by atoms with Crippen molar-refractivity contribution in [3.05, 3.63) is 47.2 Å². The molecule has 4 nitrogen and oxygen atoms in total. The van der Waals surface area contributed by atoms with E-state index >= 15 is 0 Å². The van der Waals surface area contributed by atoms with Crippen LogP contribution in [0.25, 0.3) is 0 Å². The molecule has 0 amide bonds. The predicted molar refractivity (Wildman–Crippen MR) is 74.1 cm³/mol. The standard InChI is InChI=1S/C15H14F2N4/c1-9-2-4-10(5-3-9)12-6-13(14(16)17)21-15(20-12)11(7-18)8-19-21/h2-5,8,12-14,20H,6H2,1H3/t12-,13-/m0/s1. The molecule has 0 radical (unpaired) electrons. The number of aryl methyl sites for hydroxylation is 1. The molecule has 0 spiro atoms. The minimum Gasteiger partial charge on any atom is -0.362 e. The van der Waals surface area contributed by atoms with Gasteiger partial charge in [0.1, 0.15) is 23.5 Å². The third-order valence-corrected chi connectivity index (χ3v) is 3.79. The van der Waals surface area contributed by atoms with Gasteiger partial charge in [0.2, 0.25) is 0 Å². The van der Waals surface area contributed by atoms with Crippen molar-refractivity contribution in [2.45, 2.75) is 31.9 Å². The van der Waals surface area contributed by atoms with Gasteiger partial charge in [-0.15, -0.1) is 0 Å². The van der Waals surface area contributed by atoms with E-state index in [9.17, 15) is 8.78 Å². The van der Waals surface area contributed by atoms with Crippen molar-refractivity contribution in [2.24, 2.45) is 0 Å². The van der Waals surface area contributed by atoms with Gasteiger partial charge in [0, 0.05) is 0 Å². The highest BCUT2D eigenvalue weighted by atomic mass is 19.3. The van der Waals surface area contributed by atoms with Crippen molar-refractivity contribution < 1.29 is 8.78 Å². The summed E-state index contributed by atoms with van der Waals surface area (Å²) in [5.74, 6) is 0.375. The van der Waals surface area contributed by atoms with E-state index in [1.165, 1.54) is 10.9 Å². The molecule has 3 rings (SSSR count). The molecule has 0 bridgehead atoms. The molecule has 1 aliphatic rings. The molecule has 0 saturated heterocycles. The smallest absolute Gasteiger partial charge is 0.260 e. The van der Waals surface area contributed by atoms with E-state index in [0.717, 1.165) is 11.1 Å². The lowest BCUT2D eigenvalue weighted by atomic mass is 9.96. The Kier molecular flexibility index (Phi) is 3.34. The van der Waals surface area contributed by atoms with E-state index in [2.05, 4.69) is 10.4 Å². The van der Waals surface area contributed by atoms with Crippen LogP contribution < -0.4 is 5.32 Å². The van der Waals surface area contributed by atoms with Gasteiger partial charge in [-0.05, 0) is 18.9 Å². The second-order valence-electron chi connectivity index (χ2n) is 5.21. The molecule has 108 valence electrons. The Hall–Kier alpha value is -2.42. The summed E-state index contributed by atoms with van der Waals surface area (Å²) in [6.07, 6.45) is -0.958.